The smallest absolute Gasteiger partial charge is 0.261 e. The van der Waals surface area contributed by atoms with E-state index in [9.17, 15) is 4.79 Å². The molecule has 4 aromatic rings. The fourth-order valence-corrected chi connectivity index (χ4v) is 4.13. The van der Waals surface area contributed by atoms with Gasteiger partial charge < -0.3 is 9.47 Å². The number of para-hydroxylation sites is 1. The highest BCUT2D eigenvalue weighted by atomic mass is 32.1. The van der Waals surface area contributed by atoms with Crippen LogP contribution in [0.15, 0.2) is 53.9 Å². The molecule has 0 saturated carbocycles. The lowest BCUT2D eigenvalue weighted by molar-refractivity contribution is 0.102. The zero-order valence-electron chi connectivity index (χ0n) is 17.7. The lowest BCUT2D eigenvalue weighted by Crippen LogP contribution is -2.14. The third kappa shape index (κ3) is 4.02. The number of hydrogen-bond donors (Lipinski definition) is 1. The topological polar surface area (TPSA) is 78.3 Å². The quantitative estimate of drug-likeness (QED) is 0.468. The first-order valence-corrected chi connectivity index (χ1v) is 10.5. The molecule has 0 aliphatic carbocycles. The number of nitrogens with zero attached hydrogens (tertiary/aromatic N) is 3. The van der Waals surface area contributed by atoms with E-state index in [4.69, 9.17) is 9.47 Å². The third-order valence-electron chi connectivity index (χ3n) is 4.92. The van der Waals surface area contributed by atoms with Crippen molar-refractivity contribution in [3.05, 3.63) is 70.9 Å². The average molecular weight is 435 g/mol. The van der Waals surface area contributed by atoms with Crippen LogP contribution < -0.4 is 14.8 Å². The number of nitrogens with one attached hydrogen (secondary N) is 1. The predicted octanol–water partition coefficient (Wildman–Crippen LogP) is 4.88. The number of hydrogen-bond acceptors (Lipinski definition) is 6. The van der Waals surface area contributed by atoms with Gasteiger partial charge >= 0.3 is 0 Å². The Bertz CT molecular complexity index is 1230. The maximum atomic E-state index is 13.0. The summed E-state index contributed by atoms with van der Waals surface area (Å²) < 4.78 is 12.4. The van der Waals surface area contributed by atoms with E-state index in [1.54, 1.807) is 18.9 Å². The predicted molar refractivity (Wildman–Crippen MR) is 122 cm³/mol. The first-order chi connectivity index (χ1) is 15.0. The molecule has 2 aromatic carbocycles. The van der Waals surface area contributed by atoms with Gasteiger partial charge in [-0.05, 0) is 44.2 Å². The van der Waals surface area contributed by atoms with Gasteiger partial charge in [0.25, 0.3) is 5.91 Å². The number of methoxy groups -OCH3 is 2. The molecule has 0 spiro atoms. The van der Waals surface area contributed by atoms with Crippen molar-refractivity contribution in [3.8, 4) is 28.4 Å². The number of benzene rings is 2. The van der Waals surface area contributed by atoms with Crippen LogP contribution in [0.1, 0.15) is 21.7 Å². The highest BCUT2D eigenvalue weighted by molar-refractivity contribution is 7.14. The van der Waals surface area contributed by atoms with Crippen LogP contribution in [0.2, 0.25) is 0 Å². The molecule has 0 bridgehead atoms. The van der Waals surface area contributed by atoms with Crippen LogP contribution in [0.25, 0.3) is 16.9 Å². The molecule has 0 fully saturated rings. The van der Waals surface area contributed by atoms with Gasteiger partial charge in [-0.15, -0.1) is 11.3 Å². The number of aromatic nitrogens is 3. The lowest BCUT2D eigenvalue weighted by Gasteiger charge is -2.08. The molecule has 31 heavy (non-hydrogen) atoms. The Balaban J connectivity index is 1.57. The summed E-state index contributed by atoms with van der Waals surface area (Å²) in [6.07, 6.45) is 0. The first kappa shape index (κ1) is 20.6. The zero-order chi connectivity index (χ0) is 22.0. The van der Waals surface area contributed by atoms with E-state index in [2.05, 4.69) is 15.4 Å². The Morgan fingerprint density at radius 3 is 2.48 bits per heavy atom. The van der Waals surface area contributed by atoms with E-state index in [0.29, 0.717) is 27.9 Å². The molecule has 1 N–H and O–H groups in total. The van der Waals surface area contributed by atoms with Gasteiger partial charge in [-0.3, -0.25) is 10.1 Å². The SMILES string of the molecule is COc1ccc(-c2csc(NC(=O)c3c(C)nn(-c4ccccc4)c3C)n2)cc1OC. The van der Waals surface area contributed by atoms with Gasteiger partial charge in [-0.1, -0.05) is 18.2 Å². The Labute approximate surface area is 184 Å². The van der Waals surface area contributed by atoms with E-state index in [0.717, 1.165) is 22.6 Å². The van der Waals surface area contributed by atoms with E-state index in [1.807, 2.05) is 67.8 Å². The van der Waals surface area contributed by atoms with Crippen molar-refractivity contribution < 1.29 is 14.3 Å². The van der Waals surface area contributed by atoms with Gasteiger partial charge in [0.05, 0.1) is 42.6 Å². The summed E-state index contributed by atoms with van der Waals surface area (Å²) in [7, 11) is 3.19. The zero-order valence-corrected chi connectivity index (χ0v) is 18.5. The number of carbonyl (C=O) groups is 1. The third-order valence-corrected chi connectivity index (χ3v) is 5.68. The molecule has 158 valence electrons. The number of rotatable bonds is 6. The van der Waals surface area contributed by atoms with Crippen molar-refractivity contribution in [3.63, 3.8) is 0 Å². The largest absolute Gasteiger partial charge is 0.493 e. The fourth-order valence-electron chi connectivity index (χ4n) is 3.41. The van der Waals surface area contributed by atoms with Crippen molar-refractivity contribution in [1.29, 1.82) is 0 Å². The minimum atomic E-state index is -0.231. The summed E-state index contributed by atoms with van der Waals surface area (Å²) in [5.74, 6) is 1.04. The van der Waals surface area contributed by atoms with Crippen LogP contribution >= 0.6 is 11.3 Å². The van der Waals surface area contributed by atoms with Crippen LogP contribution in [-0.2, 0) is 0 Å². The van der Waals surface area contributed by atoms with Crippen LogP contribution in [0.4, 0.5) is 5.13 Å². The van der Waals surface area contributed by atoms with Gasteiger partial charge in [-0.2, -0.15) is 5.10 Å². The van der Waals surface area contributed by atoms with Gasteiger partial charge in [0.15, 0.2) is 16.6 Å². The standard InChI is InChI=1S/C23H22N4O3S/c1-14-21(15(2)27(26-14)17-8-6-5-7-9-17)22(28)25-23-24-18(13-31-23)16-10-11-19(29-3)20(12-16)30-4/h5-13H,1-4H3,(H,24,25,28). The maximum absolute atomic E-state index is 13.0. The second-order valence-electron chi connectivity index (χ2n) is 6.85. The summed E-state index contributed by atoms with van der Waals surface area (Å²) in [6.45, 7) is 3.72. The molecule has 0 saturated heterocycles. The van der Waals surface area contributed by atoms with Crippen LogP contribution in [0.5, 0.6) is 11.5 Å². The molecule has 4 rings (SSSR count). The van der Waals surface area contributed by atoms with Crippen molar-refractivity contribution in [2.45, 2.75) is 13.8 Å². The number of thiazole rings is 1. The molecular formula is C23H22N4O3S. The molecule has 2 aromatic heterocycles. The van der Waals surface area contributed by atoms with Gasteiger partial charge in [0.2, 0.25) is 0 Å². The molecule has 7 nitrogen and oxygen atoms in total. The lowest BCUT2D eigenvalue weighted by atomic mass is 10.1. The Morgan fingerprint density at radius 2 is 1.77 bits per heavy atom. The van der Waals surface area contributed by atoms with Crippen LogP contribution in [0, 0.1) is 13.8 Å². The monoisotopic (exact) mass is 434 g/mol. The highest BCUT2D eigenvalue weighted by Gasteiger charge is 2.20. The maximum Gasteiger partial charge on any atom is 0.261 e. The van der Waals surface area contributed by atoms with Gasteiger partial charge in [0.1, 0.15) is 0 Å². The van der Waals surface area contributed by atoms with Crippen LogP contribution in [-0.4, -0.2) is 34.9 Å². The number of anilines is 1. The number of carbonyl (C=O) groups excluding carboxylic acids is 1. The molecule has 0 aliphatic rings. The molecule has 0 radical (unpaired) electrons. The Hall–Kier alpha value is -3.65. The van der Waals surface area contributed by atoms with Crippen molar-refractivity contribution in [2.24, 2.45) is 0 Å². The second-order valence-corrected chi connectivity index (χ2v) is 7.71. The molecule has 8 heteroatoms. The molecular weight excluding hydrogens is 412 g/mol. The Morgan fingerprint density at radius 1 is 1.03 bits per heavy atom. The summed E-state index contributed by atoms with van der Waals surface area (Å²) in [6, 6.07) is 15.3. The first-order valence-electron chi connectivity index (χ1n) is 9.62. The summed E-state index contributed by atoms with van der Waals surface area (Å²) in [5.41, 5.74) is 4.51. The number of amides is 1. The fraction of sp³-hybridized carbons (Fsp3) is 0.174. The second kappa shape index (κ2) is 8.61. The summed E-state index contributed by atoms with van der Waals surface area (Å²) in [5, 5.41) is 9.86. The average Bonchev–Trinajstić information content (AvgIpc) is 3.37. The minimum Gasteiger partial charge on any atom is -0.493 e. The van der Waals surface area contributed by atoms with Crippen molar-refractivity contribution in [2.75, 3.05) is 19.5 Å². The molecule has 0 atom stereocenters. The van der Waals surface area contributed by atoms with Crippen molar-refractivity contribution >= 4 is 22.4 Å². The summed E-state index contributed by atoms with van der Waals surface area (Å²) >= 11 is 1.36. The normalized spacial score (nSPS) is 10.7. The van der Waals surface area contributed by atoms with Crippen LogP contribution in [0.3, 0.4) is 0 Å². The molecule has 0 unspecified atom stereocenters. The molecule has 2 heterocycles. The van der Waals surface area contributed by atoms with E-state index >= 15 is 0 Å². The number of aryl methyl sites for hydroxylation is 1. The van der Waals surface area contributed by atoms with Gasteiger partial charge in [-0.25, -0.2) is 9.67 Å². The minimum absolute atomic E-state index is 0.231. The molecule has 1 amide bonds. The van der Waals surface area contributed by atoms with E-state index < -0.39 is 0 Å². The Kier molecular flexibility index (Phi) is 5.73. The van der Waals surface area contributed by atoms with E-state index in [-0.39, 0.29) is 5.91 Å². The summed E-state index contributed by atoms with van der Waals surface area (Å²) in [4.78, 5) is 17.6. The van der Waals surface area contributed by atoms with Gasteiger partial charge in [0, 0.05) is 10.9 Å². The van der Waals surface area contributed by atoms with E-state index in [1.165, 1.54) is 11.3 Å². The number of ether oxygens (including phenoxy) is 2. The highest BCUT2D eigenvalue weighted by Crippen LogP contribution is 2.33. The molecule has 0 aliphatic heterocycles. The van der Waals surface area contributed by atoms with Crippen molar-refractivity contribution in [1.82, 2.24) is 14.8 Å².